The number of alkyl halides is 3. The van der Waals surface area contributed by atoms with Crippen molar-refractivity contribution in [2.24, 2.45) is 0 Å². The van der Waals surface area contributed by atoms with E-state index in [1.807, 2.05) is 0 Å². The summed E-state index contributed by atoms with van der Waals surface area (Å²) in [5, 5.41) is 6.22. The van der Waals surface area contributed by atoms with Gasteiger partial charge in [0, 0.05) is 24.8 Å². The van der Waals surface area contributed by atoms with Crippen LogP contribution in [0.2, 0.25) is 0 Å². The molecule has 6 nitrogen and oxygen atoms in total. The number of benzene rings is 1. The van der Waals surface area contributed by atoms with Crippen LogP contribution >= 0.6 is 0 Å². The van der Waals surface area contributed by atoms with E-state index in [1.54, 1.807) is 0 Å². The van der Waals surface area contributed by atoms with Gasteiger partial charge in [-0.2, -0.15) is 13.2 Å². The van der Waals surface area contributed by atoms with Gasteiger partial charge in [-0.15, -0.1) is 0 Å². The standard InChI is InChI=1S/C16H11F3N4O2/c1-9(24)21-15-20-6-5-12(22-15)14-8-13(23-25-14)10-3-2-4-11(7-10)16(17,18)19/h2-8H,1H3,(H,20,21,22,24). The van der Waals surface area contributed by atoms with E-state index in [0.29, 0.717) is 5.69 Å². The Morgan fingerprint density at radius 2 is 1.96 bits per heavy atom. The molecule has 0 saturated heterocycles. The van der Waals surface area contributed by atoms with Crippen LogP contribution in [-0.2, 0) is 11.0 Å². The second-order valence-corrected chi connectivity index (χ2v) is 5.10. The van der Waals surface area contributed by atoms with Gasteiger partial charge in [-0.25, -0.2) is 9.97 Å². The topological polar surface area (TPSA) is 80.9 Å². The second kappa shape index (κ2) is 6.34. The lowest BCUT2D eigenvalue weighted by Gasteiger charge is -2.06. The molecule has 1 amide bonds. The van der Waals surface area contributed by atoms with Crippen molar-refractivity contribution in [1.82, 2.24) is 15.1 Å². The van der Waals surface area contributed by atoms with Gasteiger partial charge in [0.15, 0.2) is 5.76 Å². The zero-order chi connectivity index (χ0) is 18.0. The monoisotopic (exact) mass is 348 g/mol. The van der Waals surface area contributed by atoms with Crippen molar-refractivity contribution in [1.29, 1.82) is 0 Å². The van der Waals surface area contributed by atoms with Crippen LogP contribution in [0.3, 0.4) is 0 Å². The number of amides is 1. The molecule has 0 radical (unpaired) electrons. The highest BCUT2D eigenvalue weighted by atomic mass is 19.4. The summed E-state index contributed by atoms with van der Waals surface area (Å²) < 4.78 is 43.6. The molecule has 0 atom stereocenters. The molecule has 0 spiro atoms. The Morgan fingerprint density at radius 3 is 2.68 bits per heavy atom. The maximum atomic E-state index is 12.8. The third-order valence-electron chi connectivity index (χ3n) is 3.19. The lowest BCUT2D eigenvalue weighted by molar-refractivity contribution is -0.137. The quantitative estimate of drug-likeness (QED) is 0.779. The Balaban J connectivity index is 1.92. The summed E-state index contributed by atoms with van der Waals surface area (Å²) in [5.74, 6) is -0.0113. The average Bonchev–Trinajstić information content (AvgIpc) is 3.04. The summed E-state index contributed by atoms with van der Waals surface area (Å²) in [4.78, 5) is 19.0. The third kappa shape index (κ3) is 3.82. The first-order valence-corrected chi connectivity index (χ1v) is 7.08. The fourth-order valence-corrected chi connectivity index (χ4v) is 2.10. The molecule has 0 fully saturated rings. The van der Waals surface area contributed by atoms with Gasteiger partial charge in [0.2, 0.25) is 11.9 Å². The first-order valence-electron chi connectivity index (χ1n) is 7.08. The van der Waals surface area contributed by atoms with Crippen LogP contribution in [0.5, 0.6) is 0 Å². The lowest BCUT2D eigenvalue weighted by Crippen LogP contribution is -2.09. The Bertz CT molecular complexity index is 921. The Labute approximate surface area is 139 Å². The molecular formula is C16H11F3N4O2. The van der Waals surface area contributed by atoms with E-state index in [1.165, 1.54) is 37.4 Å². The highest BCUT2D eigenvalue weighted by molar-refractivity contribution is 5.86. The molecular weight excluding hydrogens is 337 g/mol. The van der Waals surface area contributed by atoms with E-state index in [-0.39, 0.29) is 28.9 Å². The summed E-state index contributed by atoms with van der Waals surface area (Å²) in [7, 11) is 0. The lowest BCUT2D eigenvalue weighted by atomic mass is 10.1. The number of nitrogens with one attached hydrogen (secondary N) is 1. The van der Waals surface area contributed by atoms with Crippen molar-refractivity contribution in [3.8, 4) is 22.7 Å². The number of anilines is 1. The van der Waals surface area contributed by atoms with Crippen LogP contribution in [0.15, 0.2) is 47.1 Å². The van der Waals surface area contributed by atoms with Gasteiger partial charge in [-0.3, -0.25) is 10.1 Å². The molecule has 25 heavy (non-hydrogen) atoms. The fraction of sp³-hybridized carbons (Fsp3) is 0.125. The van der Waals surface area contributed by atoms with Crippen LogP contribution in [0.25, 0.3) is 22.7 Å². The van der Waals surface area contributed by atoms with Crippen molar-refractivity contribution in [2.45, 2.75) is 13.1 Å². The summed E-state index contributed by atoms with van der Waals surface area (Å²) in [6.45, 7) is 1.32. The highest BCUT2D eigenvalue weighted by Crippen LogP contribution is 2.32. The Hall–Kier alpha value is -3.23. The molecule has 1 N–H and O–H groups in total. The minimum absolute atomic E-state index is 0.0852. The van der Waals surface area contributed by atoms with Crippen LogP contribution in [-0.4, -0.2) is 21.0 Å². The molecule has 0 aliphatic heterocycles. The number of carbonyl (C=O) groups excluding carboxylic acids is 1. The zero-order valence-electron chi connectivity index (χ0n) is 12.8. The molecule has 2 heterocycles. The highest BCUT2D eigenvalue weighted by Gasteiger charge is 2.30. The first-order chi connectivity index (χ1) is 11.8. The molecule has 0 unspecified atom stereocenters. The van der Waals surface area contributed by atoms with E-state index in [9.17, 15) is 18.0 Å². The number of carbonyl (C=O) groups is 1. The van der Waals surface area contributed by atoms with E-state index < -0.39 is 11.7 Å². The van der Waals surface area contributed by atoms with E-state index >= 15 is 0 Å². The van der Waals surface area contributed by atoms with Gasteiger partial charge < -0.3 is 4.52 Å². The average molecular weight is 348 g/mol. The predicted octanol–water partition coefficient (Wildman–Crippen LogP) is 3.78. The Morgan fingerprint density at radius 1 is 1.16 bits per heavy atom. The largest absolute Gasteiger partial charge is 0.416 e. The summed E-state index contributed by atoms with van der Waals surface area (Å²) in [6, 6.07) is 7.77. The zero-order valence-corrected chi connectivity index (χ0v) is 12.8. The minimum Gasteiger partial charge on any atom is -0.354 e. The first kappa shape index (κ1) is 16.6. The molecule has 0 saturated carbocycles. The molecule has 3 rings (SSSR count). The van der Waals surface area contributed by atoms with Crippen molar-refractivity contribution >= 4 is 11.9 Å². The van der Waals surface area contributed by atoms with Crippen LogP contribution < -0.4 is 5.32 Å². The van der Waals surface area contributed by atoms with Crippen LogP contribution in [0.4, 0.5) is 19.1 Å². The second-order valence-electron chi connectivity index (χ2n) is 5.10. The SMILES string of the molecule is CC(=O)Nc1nccc(-c2cc(-c3cccc(C(F)(F)F)c3)no2)n1. The Kier molecular flexibility index (Phi) is 4.22. The minimum atomic E-state index is -4.44. The van der Waals surface area contributed by atoms with Crippen molar-refractivity contribution in [2.75, 3.05) is 5.32 Å². The van der Waals surface area contributed by atoms with Gasteiger partial charge >= 0.3 is 6.18 Å². The van der Waals surface area contributed by atoms with Crippen LogP contribution in [0.1, 0.15) is 12.5 Å². The van der Waals surface area contributed by atoms with Crippen molar-refractivity contribution in [3.63, 3.8) is 0 Å². The van der Waals surface area contributed by atoms with Crippen molar-refractivity contribution in [3.05, 3.63) is 48.2 Å². The smallest absolute Gasteiger partial charge is 0.354 e. The number of aromatic nitrogens is 3. The van der Waals surface area contributed by atoms with E-state index in [4.69, 9.17) is 4.52 Å². The molecule has 128 valence electrons. The third-order valence-corrected chi connectivity index (χ3v) is 3.19. The molecule has 0 aliphatic rings. The van der Waals surface area contributed by atoms with Crippen molar-refractivity contribution < 1.29 is 22.5 Å². The van der Waals surface area contributed by atoms with Gasteiger partial charge in [-0.1, -0.05) is 17.3 Å². The van der Waals surface area contributed by atoms with Gasteiger partial charge in [-0.05, 0) is 18.2 Å². The predicted molar refractivity (Wildman–Crippen MR) is 82.3 cm³/mol. The maximum Gasteiger partial charge on any atom is 0.416 e. The molecule has 9 heteroatoms. The van der Waals surface area contributed by atoms with Gasteiger partial charge in [0.25, 0.3) is 0 Å². The number of rotatable bonds is 3. The summed E-state index contributed by atoms with van der Waals surface area (Å²) >= 11 is 0. The van der Waals surface area contributed by atoms with E-state index in [2.05, 4.69) is 20.4 Å². The molecule has 0 aliphatic carbocycles. The number of nitrogens with zero attached hydrogens (tertiary/aromatic N) is 3. The normalized spacial score (nSPS) is 11.4. The number of halogens is 3. The maximum absolute atomic E-state index is 12.8. The number of hydrogen-bond donors (Lipinski definition) is 1. The van der Waals surface area contributed by atoms with E-state index in [0.717, 1.165) is 12.1 Å². The van der Waals surface area contributed by atoms with Crippen LogP contribution in [0, 0.1) is 0 Å². The summed E-state index contributed by atoms with van der Waals surface area (Å²) in [6.07, 6.45) is -3.03. The number of hydrogen-bond acceptors (Lipinski definition) is 5. The van der Waals surface area contributed by atoms with Gasteiger partial charge in [0.1, 0.15) is 11.4 Å². The van der Waals surface area contributed by atoms with Gasteiger partial charge in [0.05, 0.1) is 5.56 Å². The fourth-order valence-electron chi connectivity index (χ4n) is 2.10. The molecule has 3 aromatic rings. The summed E-state index contributed by atoms with van der Waals surface area (Å²) in [5.41, 5.74) is 0.0655. The molecule has 2 aromatic heterocycles. The molecule has 1 aromatic carbocycles. The molecule has 0 bridgehead atoms.